The third-order valence-corrected chi connectivity index (χ3v) is 3.51. The lowest BCUT2D eigenvalue weighted by molar-refractivity contribution is 0.102. The number of aromatic nitrogens is 4. The molecule has 1 amide bonds. The van der Waals surface area contributed by atoms with Gasteiger partial charge in [0.05, 0.1) is 6.10 Å². The zero-order valence-electron chi connectivity index (χ0n) is 14.3. The van der Waals surface area contributed by atoms with E-state index in [9.17, 15) is 4.79 Å². The minimum absolute atomic E-state index is 0.0994. The largest absolute Gasteiger partial charge is 0.491 e. The normalized spacial score (nSPS) is 10.7. The number of benzene rings is 2. The van der Waals surface area contributed by atoms with Crippen LogP contribution in [-0.4, -0.2) is 32.2 Å². The maximum Gasteiger partial charge on any atom is 0.255 e. The summed E-state index contributed by atoms with van der Waals surface area (Å²) in [4.78, 5) is 12.3. The Morgan fingerprint density at radius 2 is 1.76 bits per heavy atom. The number of nitrogens with one attached hydrogen (secondary N) is 1. The number of aryl methyl sites for hydroxylation is 1. The molecule has 3 aromatic rings. The fourth-order valence-electron chi connectivity index (χ4n) is 2.34. The topological polar surface area (TPSA) is 81.9 Å². The second-order valence-corrected chi connectivity index (χ2v) is 5.85. The number of nitrogens with zero attached hydrogens (tertiary/aromatic N) is 4. The Morgan fingerprint density at radius 1 is 1.08 bits per heavy atom. The van der Waals surface area contributed by atoms with Gasteiger partial charge in [0, 0.05) is 23.9 Å². The quantitative estimate of drug-likeness (QED) is 0.774. The number of ether oxygens (including phenoxy) is 1. The van der Waals surface area contributed by atoms with Crippen molar-refractivity contribution >= 4 is 11.6 Å². The van der Waals surface area contributed by atoms with Crippen LogP contribution in [-0.2, 0) is 7.05 Å². The Morgan fingerprint density at radius 3 is 2.32 bits per heavy atom. The highest BCUT2D eigenvalue weighted by atomic mass is 16.5. The molecule has 0 aliphatic rings. The van der Waals surface area contributed by atoms with E-state index < -0.39 is 0 Å². The van der Waals surface area contributed by atoms with Gasteiger partial charge in [-0.15, -0.1) is 5.10 Å². The van der Waals surface area contributed by atoms with E-state index >= 15 is 0 Å². The van der Waals surface area contributed by atoms with Gasteiger partial charge in [0.15, 0.2) is 5.82 Å². The Labute approximate surface area is 145 Å². The molecular weight excluding hydrogens is 318 g/mol. The van der Waals surface area contributed by atoms with E-state index in [1.54, 1.807) is 36.0 Å². The molecule has 0 unspecified atom stereocenters. The fraction of sp³-hybridized carbons (Fsp3) is 0.222. The highest BCUT2D eigenvalue weighted by Crippen LogP contribution is 2.19. The average molecular weight is 337 g/mol. The number of amides is 1. The summed E-state index contributed by atoms with van der Waals surface area (Å²) >= 11 is 0. The lowest BCUT2D eigenvalue weighted by Gasteiger charge is -2.10. The molecule has 1 heterocycles. The molecule has 0 saturated heterocycles. The smallest absolute Gasteiger partial charge is 0.255 e. The van der Waals surface area contributed by atoms with Crippen molar-refractivity contribution in [1.29, 1.82) is 0 Å². The average Bonchev–Trinajstić information content (AvgIpc) is 3.02. The van der Waals surface area contributed by atoms with E-state index in [0.29, 0.717) is 17.1 Å². The number of hydrogen-bond donors (Lipinski definition) is 1. The number of carbonyl (C=O) groups is 1. The molecule has 25 heavy (non-hydrogen) atoms. The van der Waals surface area contributed by atoms with Crippen LogP contribution in [0.15, 0.2) is 48.5 Å². The predicted molar refractivity (Wildman–Crippen MR) is 94.4 cm³/mol. The maximum absolute atomic E-state index is 12.3. The molecular formula is C18H19N5O2. The molecule has 0 aliphatic heterocycles. The van der Waals surface area contributed by atoms with Crippen LogP contribution in [0.3, 0.4) is 0 Å². The van der Waals surface area contributed by atoms with Crippen LogP contribution in [0.25, 0.3) is 11.4 Å². The first-order chi connectivity index (χ1) is 12.0. The van der Waals surface area contributed by atoms with Gasteiger partial charge in [-0.2, -0.15) is 0 Å². The maximum atomic E-state index is 12.3. The summed E-state index contributed by atoms with van der Waals surface area (Å²) in [5, 5.41) is 14.2. The number of tetrazole rings is 1. The van der Waals surface area contributed by atoms with Crippen LogP contribution in [0.2, 0.25) is 0 Å². The van der Waals surface area contributed by atoms with Crippen molar-refractivity contribution in [2.45, 2.75) is 20.0 Å². The molecule has 3 rings (SSSR count). The minimum atomic E-state index is -0.177. The van der Waals surface area contributed by atoms with Gasteiger partial charge in [0.1, 0.15) is 5.75 Å². The Kier molecular flexibility index (Phi) is 4.74. The Balaban J connectivity index is 1.67. The molecule has 0 saturated carbocycles. The molecule has 0 bridgehead atoms. The fourth-order valence-corrected chi connectivity index (χ4v) is 2.34. The van der Waals surface area contributed by atoms with Crippen molar-refractivity contribution in [3.63, 3.8) is 0 Å². The summed E-state index contributed by atoms with van der Waals surface area (Å²) in [5.74, 6) is 1.23. The molecule has 2 aromatic carbocycles. The molecule has 0 atom stereocenters. The van der Waals surface area contributed by atoms with Gasteiger partial charge in [0.25, 0.3) is 5.91 Å². The van der Waals surface area contributed by atoms with Crippen molar-refractivity contribution < 1.29 is 9.53 Å². The van der Waals surface area contributed by atoms with Gasteiger partial charge in [-0.1, -0.05) is 0 Å². The predicted octanol–water partition coefficient (Wildman–Crippen LogP) is 2.92. The van der Waals surface area contributed by atoms with Crippen LogP contribution < -0.4 is 10.1 Å². The van der Waals surface area contributed by atoms with E-state index in [1.165, 1.54) is 0 Å². The van der Waals surface area contributed by atoms with Crippen LogP contribution in [0.5, 0.6) is 5.75 Å². The second-order valence-electron chi connectivity index (χ2n) is 5.85. The zero-order chi connectivity index (χ0) is 17.8. The molecule has 0 aliphatic carbocycles. The van der Waals surface area contributed by atoms with Crippen LogP contribution in [0.1, 0.15) is 24.2 Å². The van der Waals surface area contributed by atoms with Gasteiger partial charge >= 0.3 is 0 Å². The lowest BCUT2D eigenvalue weighted by Crippen LogP contribution is -2.12. The van der Waals surface area contributed by atoms with Crippen molar-refractivity contribution in [3.8, 4) is 17.1 Å². The number of carbonyl (C=O) groups excluding carboxylic acids is 1. The number of hydrogen-bond acceptors (Lipinski definition) is 5. The van der Waals surface area contributed by atoms with E-state index in [2.05, 4.69) is 20.8 Å². The van der Waals surface area contributed by atoms with Crippen molar-refractivity contribution in [1.82, 2.24) is 20.2 Å². The monoisotopic (exact) mass is 337 g/mol. The third kappa shape index (κ3) is 4.00. The van der Waals surface area contributed by atoms with E-state index in [-0.39, 0.29) is 12.0 Å². The summed E-state index contributed by atoms with van der Waals surface area (Å²) in [6.45, 7) is 3.92. The van der Waals surface area contributed by atoms with Crippen molar-refractivity contribution in [2.75, 3.05) is 5.32 Å². The summed E-state index contributed by atoms with van der Waals surface area (Å²) < 4.78 is 7.17. The highest BCUT2D eigenvalue weighted by molar-refractivity contribution is 6.04. The van der Waals surface area contributed by atoms with Crippen molar-refractivity contribution in [3.05, 3.63) is 54.1 Å². The second kappa shape index (κ2) is 7.12. The van der Waals surface area contributed by atoms with Gasteiger partial charge in [-0.3, -0.25) is 4.79 Å². The SMILES string of the molecule is CC(C)Oc1ccc(C(=O)Nc2ccc(-c3nnnn3C)cc2)cc1. The van der Waals surface area contributed by atoms with Gasteiger partial charge in [0.2, 0.25) is 0 Å². The van der Waals surface area contributed by atoms with Crippen LogP contribution in [0.4, 0.5) is 5.69 Å². The van der Waals surface area contributed by atoms with Gasteiger partial charge in [-0.05, 0) is 72.8 Å². The van der Waals surface area contributed by atoms with Crippen LogP contribution >= 0.6 is 0 Å². The standard InChI is InChI=1S/C18H19N5O2/c1-12(2)25-16-10-6-14(7-11-16)18(24)19-15-8-4-13(5-9-15)17-20-21-22-23(17)3/h4-12H,1-3H3,(H,19,24). The van der Waals surface area contributed by atoms with Crippen molar-refractivity contribution in [2.24, 2.45) is 7.05 Å². The van der Waals surface area contributed by atoms with Gasteiger partial charge in [-0.25, -0.2) is 4.68 Å². The third-order valence-electron chi connectivity index (χ3n) is 3.51. The lowest BCUT2D eigenvalue weighted by atomic mass is 10.1. The summed E-state index contributed by atoms with van der Waals surface area (Å²) in [6, 6.07) is 14.4. The van der Waals surface area contributed by atoms with E-state index in [4.69, 9.17) is 4.74 Å². The minimum Gasteiger partial charge on any atom is -0.491 e. The molecule has 0 fully saturated rings. The first-order valence-corrected chi connectivity index (χ1v) is 7.94. The summed E-state index contributed by atoms with van der Waals surface area (Å²) in [6.07, 6.45) is 0.0994. The Hall–Kier alpha value is -3.22. The van der Waals surface area contributed by atoms with E-state index in [1.807, 2.05) is 38.1 Å². The van der Waals surface area contributed by atoms with E-state index in [0.717, 1.165) is 11.3 Å². The first-order valence-electron chi connectivity index (χ1n) is 7.94. The molecule has 1 N–H and O–H groups in total. The molecule has 7 nitrogen and oxygen atoms in total. The highest BCUT2D eigenvalue weighted by Gasteiger charge is 2.09. The molecule has 1 aromatic heterocycles. The first kappa shape index (κ1) is 16.6. The zero-order valence-corrected chi connectivity index (χ0v) is 14.3. The summed E-state index contributed by atoms with van der Waals surface area (Å²) in [5.41, 5.74) is 2.14. The molecule has 128 valence electrons. The molecule has 7 heteroatoms. The number of anilines is 1. The number of rotatable bonds is 5. The van der Waals surface area contributed by atoms with Gasteiger partial charge < -0.3 is 10.1 Å². The molecule has 0 spiro atoms. The van der Waals surface area contributed by atoms with Crippen LogP contribution in [0, 0.1) is 0 Å². The molecule has 0 radical (unpaired) electrons. The Bertz CT molecular complexity index is 854. The summed E-state index contributed by atoms with van der Waals surface area (Å²) in [7, 11) is 1.78.